The normalized spacial score (nSPS) is 11.0. The van der Waals surface area contributed by atoms with Crippen molar-refractivity contribution in [3.63, 3.8) is 0 Å². The summed E-state index contributed by atoms with van der Waals surface area (Å²) in [7, 11) is 0. The Morgan fingerprint density at radius 3 is 1.32 bits per heavy atom. The van der Waals surface area contributed by atoms with Gasteiger partial charge in [-0.25, -0.2) is 8.78 Å². The third-order valence-corrected chi connectivity index (χ3v) is 8.73. The van der Waals surface area contributed by atoms with Crippen LogP contribution in [0, 0.1) is 11.6 Å². The second-order valence-corrected chi connectivity index (χ2v) is 9.98. The summed E-state index contributed by atoms with van der Waals surface area (Å²) < 4.78 is 30.9. The molecule has 0 saturated heterocycles. The highest BCUT2D eigenvalue weighted by Crippen LogP contribution is 2.48. The molecule has 156 valence electrons. The second kappa shape index (κ2) is 9.63. The summed E-state index contributed by atoms with van der Waals surface area (Å²) in [4.78, 5) is 0.845. The van der Waals surface area contributed by atoms with Crippen molar-refractivity contribution < 1.29 is 8.78 Å². The Morgan fingerprint density at radius 2 is 0.968 bits per heavy atom. The highest BCUT2D eigenvalue weighted by atomic mass is 79.9. The van der Waals surface area contributed by atoms with Gasteiger partial charge in [-0.2, -0.15) is 0 Å². The lowest BCUT2D eigenvalue weighted by Crippen LogP contribution is -1.92. The minimum atomic E-state index is -0.443. The van der Waals surface area contributed by atoms with E-state index in [9.17, 15) is 0 Å². The van der Waals surface area contributed by atoms with Crippen LogP contribution in [0.3, 0.4) is 0 Å². The molecule has 0 aliphatic rings. The molecule has 0 nitrogen and oxygen atoms in total. The first-order chi connectivity index (χ1) is 14.9. The molecular weight excluding hydrogens is 589 g/mol. The highest BCUT2D eigenvalue weighted by molar-refractivity contribution is 9.11. The van der Waals surface area contributed by atoms with Gasteiger partial charge in [-0.15, -0.1) is 0 Å². The van der Waals surface area contributed by atoms with Gasteiger partial charge in [-0.3, -0.25) is 0 Å². The van der Waals surface area contributed by atoms with Crippen LogP contribution in [0.25, 0.3) is 22.3 Å². The van der Waals surface area contributed by atoms with E-state index in [1.807, 2.05) is 36.4 Å². The first kappa shape index (κ1) is 22.8. The molecule has 0 bridgehead atoms. The fraction of sp³-hybridized carbons (Fsp3) is 0. The van der Waals surface area contributed by atoms with Crippen LogP contribution in [0.2, 0.25) is 10.0 Å². The summed E-state index contributed by atoms with van der Waals surface area (Å²) >= 11 is 21.0. The molecule has 4 rings (SSSR count). The Balaban J connectivity index is 1.77. The predicted octanol–water partition coefficient (Wildman–Crippen LogP) is 10.3. The molecule has 0 amide bonds. The molecule has 31 heavy (non-hydrogen) atoms. The van der Waals surface area contributed by atoms with Gasteiger partial charge in [0.25, 0.3) is 0 Å². The minimum Gasteiger partial charge on any atom is -0.206 e. The van der Waals surface area contributed by atoms with Crippen molar-refractivity contribution in [2.24, 2.45) is 0 Å². The van der Waals surface area contributed by atoms with E-state index >= 15 is 8.78 Å². The van der Waals surface area contributed by atoms with Crippen LogP contribution >= 0.6 is 66.8 Å². The van der Waals surface area contributed by atoms with Gasteiger partial charge < -0.3 is 0 Å². The molecule has 7 heteroatoms. The summed E-state index contributed by atoms with van der Waals surface area (Å²) in [6.07, 6.45) is 0. The molecule has 0 spiro atoms. The third-order valence-electron chi connectivity index (χ3n) is 4.60. The summed E-state index contributed by atoms with van der Waals surface area (Å²) in [6.45, 7) is 0. The number of rotatable bonds is 4. The molecule has 0 heterocycles. The van der Waals surface area contributed by atoms with Crippen LogP contribution in [0.5, 0.6) is 0 Å². The van der Waals surface area contributed by atoms with E-state index in [0.29, 0.717) is 51.0 Å². The molecule has 0 saturated carbocycles. The van der Waals surface area contributed by atoms with E-state index in [1.165, 1.54) is 12.1 Å². The quantitative estimate of drug-likeness (QED) is 0.210. The molecular formula is C24H12Br2Cl2F2S. The lowest BCUT2D eigenvalue weighted by atomic mass is 10.1. The molecule has 0 aliphatic heterocycles. The molecule has 0 N–H and O–H groups in total. The summed E-state index contributed by atoms with van der Waals surface area (Å²) in [5, 5.41) is 0.648. The number of hydrogen-bond donors (Lipinski definition) is 0. The number of benzene rings is 4. The Bertz CT molecular complexity index is 1170. The zero-order chi connectivity index (χ0) is 22.1. The maximum absolute atomic E-state index is 15.0. The molecule has 4 aromatic rings. The SMILES string of the molecule is Fc1cc(Sc2cc(F)c(-c3ccccc3)c(Br)c2Cl)c(Cl)c(Br)c1-c1ccccc1. The fourth-order valence-electron chi connectivity index (χ4n) is 3.15. The maximum atomic E-state index is 15.0. The van der Waals surface area contributed by atoms with Crippen molar-refractivity contribution in [3.05, 3.63) is 103 Å². The van der Waals surface area contributed by atoms with Crippen molar-refractivity contribution in [2.75, 3.05) is 0 Å². The summed E-state index contributed by atoms with van der Waals surface area (Å²) in [6, 6.07) is 20.9. The number of hydrogen-bond acceptors (Lipinski definition) is 1. The van der Waals surface area contributed by atoms with Gasteiger partial charge in [-0.1, -0.05) is 95.6 Å². The first-order valence-corrected chi connectivity index (χ1v) is 12.2. The molecule has 0 radical (unpaired) electrons. The topological polar surface area (TPSA) is 0 Å². The minimum absolute atomic E-state index is 0.324. The average Bonchev–Trinajstić information content (AvgIpc) is 2.77. The van der Waals surface area contributed by atoms with E-state index in [1.54, 1.807) is 24.3 Å². The Hall–Kier alpha value is -1.37. The molecule has 0 fully saturated rings. The standard InChI is InChI=1S/C24H12Br2Cl2F2S/c25-21-19(13-7-3-1-4-8-13)15(29)11-17(23(21)27)31-18-12-16(30)20(22(26)24(18)28)14-9-5-2-6-10-14/h1-12H. The van der Waals surface area contributed by atoms with Crippen LogP contribution in [0.1, 0.15) is 0 Å². The first-order valence-electron chi connectivity index (χ1n) is 9.02. The highest BCUT2D eigenvalue weighted by Gasteiger charge is 2.21. The zero-order valence-corrected chi connectivity index (χ0v) is 21.1. The monoisotopic (exact) mass is 598 g/mol. The van der Waals surface area contributed by atoms with Gasteiger partial charge in [0, 0.05) is 29.9 Å². The van der Waals surface area contributed by atoms with Crippen molar-refractivity contribution in [1.82, 2.24) is 0 Å². The van der Waals surface area contributed by atoms with Gasteiger partial charge in [0.1, 0.15) is 11.6 Å². The van der Waals surface area contributed by atoms with Crippen LogP contribution in [-0.4, -0.2) is 0 Å². The Morgan fingerprint density at radius 1 is 0.613 bits per heavy atom. The number of halogens is 6. The molecule has 0 aromatic heterocycles. The van der Waals surface area contributed by atoms with Gasteiger partial charge in [0.15, 0.2) is 0 Å². The third kappa shape index (κ3) is 4.57. The lowest BCUT2D eigenvalue weighted by molar-refractivity contribution is 0.626. The predicted molar refractivity (Wildman–Crippen MR) is 133 cm³/mol. The van der Waals surface area contributed by atoms with E-state index in [-0.39, 0.29) is 0 Å². The maximum Gasteiger partial charge on any atom is 0.133 e. The summed E-state index contributed by atoms with van der Waals surface area (Å²) in [5.41, 5.74) is 2.13. The smallest absolute Gasteiger partial charge is 0.133 e. The molecule has 4 aromatic carbocycles. The summed E-state index contributed by atoms with van der Waals surface area (Å²) in [5.74, 6) is -0.886. The van der Waals surface area contributed by atoms with E-state index in [4.69, 9.17) is 23.2 Å². The van der Waals surface area contributed by atoms with Gasteiger partial charge >= 0.3 is 0 Å². The van der Waals surface area contributed by atoms with Crippen molar-refractivity contribution in [3.8, 4) is 22.3 Å². The van der Waals surface area contributed by atoms with Crippen molar-refractivity contribution in [2.45, 2.75) is 9.79 Å². The van der Waals surface area contributed by atoms with E-state index in [2.05, 4.69) is 31.9 Å². The molecule has 0 aliphatic carbocycles. The van der Waals surface area contributed by atoms with Crippen LogP contribution < -0.4 is 0 Å². The molecule has 0 atom stereocenters. The zero-order valence-electron chi connectivity index (χ0n) is 15.6. The van der Waals surface area contributed by atoms with Gasteiger partial charge in [0.05, 0.1) is 10.0 Å². The van der Waals surface area contributed by atoms with Crippen molar-refractivity contribution >= 4 is 66.8 Å². The van der Waals surface area contributed by atoms with Crippen LogP contribution in [0.4, 0.5) is 8.78 Å². The van der Waals surface area contributed by atoms with Crippen LogP contribution in [-0.2, 0) is 0 Å². The van der Waals surface area contributed by atoms with Gasteiger partial charge in [-0.05, 0) is 55.1 Å². The van der Waals surface area contributed by atoms with E-state index in [0.717, 1.165) is 11.8 Å². The van der Waals surface area contributed by atoms with E-state index < -0.39 is 11.6 Å². The largest absolute Gasteiger partial charge is 0.206 e. The average molecular weight is 601 g/mol. The van der Waals surface area contributed by atoms with Crippen LogP contribution in [0.15, 0.2) is 91.5 Å². The molecule has 0 unspecified atom stereocenters. The fourth-order valence-corrected chi connectivity index (χ4v) is 6.15. The Labute approximate surface area is 209 Å². The van der Waals surface area contributed by atoms with Crippen molar-refractivity contribution in [1.29, 1.82) is 0 Å². The second-order valence-electron chi connectivity index (χ2n) is 6.55. The Kier molecular flexibility index (Phi) is 7.09. The van der Waals surface area contributed by atoms with Gasteiger partial charge in [0.2, 0.25) is 0 Å². The lowest BCUT2D eigenvalue weighted by Gasteiger charge is -2.15.